The van der Waals surface area contributed by atoms with Gasteiger partial charge >= 0.3 is 11.5 Å². The van der Waals surface area contributed by atoms with Crippen LogP contribution in [0.2, 0.25) is 0 Å². The minimum atomic E-state index is -4.37. The summed E-state index contributed by atoms with van der Waals surface area (Å²) in [5, 5.41) is 9.09. The number of alkyl halides is 3. The molecule has 2 nitrogen and oxygen atoms in total. The molecule has 0 aliphatic carbocycles. The lowest BCUT2D eigenvalue weighted by Gasteiger charge is -2.17. The van der Waals surface area contributed by atoms with Crippen LogP contribution in [0, 0.1) is 5.92 Å². The standard InChI is InChI=1S/C12H13F3O2S/c1-7(2)10(11(16)17)8-4-3-5-9(6-8)18-12(13,14)15/h3-7,10H,1-2H3,(H,16,17). The first-order chi connectivity index (χ1) is 8.20. The van der Waals surface area contributed by atoms with Crippen LogP contribution in [0.1, 0.15) is 25.3 Å². The molecule has 1 atom stereocenters. The van der Waals surface area contributed by atoms with Gasteiger partial charge in [0.1, 0.15) is 0 Å². The second-order valence-electron chi connectivity index (χ2n) is 4.18. The minimum absolute atomic E-state index is 0.00639. The summed E-state index contributed by atoms with van der Waals surface area (Å²) in [5.74, 6) is -2.01. The van der Waals surface area contributed by atoms with Crippen LogP contribution >= 0.6 is 11.8 Å². The maximum atomic E-state index is 12.2. The Bertz CT molecular complexity index is 430. The van der Waals surface area contributed by atoms with Crippen molar-refractivity contribution in [3.8, 4) is 0 Å². The fourth-order valence-electron chi connectivity index (χ4n) is 1.72. The molecule has 0 saturated heterocycles. The van der Waals surface area contributed by atoms with Gasteiger partial charge in [0.2, 0.25) is 0 Å². The van der Waals surface area contributed by atoms with Crippen LogP contribution < -0.4 is 0 Å². The topological polar surface area (TPSA) is 37.3 Å². The molecule has 0 aliphatic rings. The summed E-state index contributed by atoms with van der Waals surface area (Å²) in [7, 11) is 0. The Labute approximate surface area is 107 Å². The van der Waals surface area contributed by atoms with Gasteiger partial charge in [0.05, 0.1) is 5.92 Å². The van der Waals surface area contributed by atoms with Gasteiger partial charge in [-0.1, -0.05) is 26.0 Å². The number of benzene rings is 1. The van der Waals surface area contributed by atoms with Crippen molar-refractivity contribution >= 4 is 17.7 Å². The molecule has 0 spiro atoms. The van der Waals surface area contributed by atoms with Crippen LogP contribution in [-0.2, 0) is 4.79 Å². The van der Waals surface area contributed by atoms with E-state index in [0.717, 1.165) is 0 Å². The monoisotopic (exact) mass is 278 g/mol. The van der Waals surface area contributed by atoms with E-state index in [4.69, 9.17) is 5.11 Å². The van der Waals surface area contributed by atoms with Crippen LogP contribution in [0.3, 0.4) is 0 Å². The number of halogens is 3. The zero-order valence-electron chi connectivity index (χ0n) is 9.86. The van der Waals surface area contributed by atoms with Gasteiger partial charge in [-0.3, -0.25) is 4.79 Å². The van der Waals surface area contributed by atoms with E-state index in [2.05, 4.69) is 0 Å². The molecule has 18 heavy (non-hydrogen) atoms. The molecule has 0 saturated carbocycles. The molecule has 0 heterocycles. The van der Waals surface area contributed by atoms with E-state index in [1.54, 1.807) is 19.9 Å². The third kappa shape index (κ3) is 4.25. The molecule has 1 rings (SSSR count). The third-order valence-corrected chi connectivity index (χ3v) is 3.10. The predicted molar refractivity (Wildman–Crippen MR) is 63.6 cm³/mol. The first-order valence-corrected chi connectivity index (χ1v) is 6.11. The highest BCUT2D eigenvalue weighted by atomic mass is 32.2. The van der Waals surface area contributed by atoms with Crippen molar-refractivity contribution in [1.29, 1.82) is 0 Å². The van der Waals surface area contributed by atoms with Gasteiger partial charge in [-0.25, -0.2) is 0 Å². The molecule has 6 heteroatoms. The minimum Gasteiger partial charge on any atom is -0.481 e. The Morgan fingerprint density at radius 1 is 1.33 bits per heavy atom. The van der Waals surface area contributed by atoms with Crippen LogP contribution in [0.4, 0.5) is 13.2 Å². The Morgan fingerprint density at radius 2 is 1.94 bits per heavy atom. The average Bonchev–Trinajstić information content (AvgIpc) is 2.13. The number of aliphatic carboxylic acids is 1. The van der Waals surface area contributed by atoms with Gasteiger partial charge in [0.25, 0.3) is 0 Å². The molecule has 1 N–H and O–H groups in total. The predicted octanol–water partition coefficient (Wildman–Crippen LogP) is 4.12. The van der Waals surface area contributed by atoms with Crippen molar-refractivity contribution in [2.24, 2.45) is 5.92 Å². The maximum absolute atomic E-state index is 12.2. The van der Waals surface area contributed by atoms with Crippen molar-refractivity contribution in [2.75, 3.05) is 0 Å². The van der Waals surface area contributed by atoms with Gasteiger partial charge in [-0.15, -0.1) is 0 Å². The van der Waals surface area contributed by atoms with E-state index in [-0.39, 0.29) is 22.6 Å². The normalized spacial score (nSPS) is 13.7. The lowest BCUT2D eigenvalue weighted by atomic mass is 9.89. The van der Waals surface area contributed by atoms with E-state index < -0.39 is 17.4 Å². The number of carboxylic acids is 1. The number of carboxylic acid groups (broad SMARTS) is 1. The molecule has 0 aromatic heterocycles. The first kappa shape index (κ1) is 14.9. The van der Waals surface area contributed by atoms with Gasteiger partial charge in [0, 0.05) is 4.90 Å². The van der Waals surface area contributed by atoms with E-state index in [0.29, 0.717) is 5.56 Å². The van der Waals surface area contributed by atoms with Gasteiger partial charge in [-0.2, -0.15) is 13.2 Å². The summed E-state index contributed by atoms with van der Waals surface area (Å²) >= 11 is -0.237. The maximum Gasteiger partial charge on any atom is 0.446 e. The average molecular weight is 278 g/mol. The third-order valence-electron chi connectivity index (χ3n) is 2.38. The zero-order valence-corrected chi connectivity index (χ0v) is 10.7. The summed E-state index contributed by atoms with van der Waals surface area (Å²) < 4.78 is 36.7. The van der Waals surface area contributed by atoms with E-state index >= 15 is 0 Å². The summed E-state index contributed by atoms with van der Waals surface area (Å²) in [4.78, 5) is 11.1. The van der Waals surface area contributed by atoms with Gasteiger partial charge in [-0.05, 0) is 35.4 Å². The SMILES string of the molecule is CC(C)C(C(=O)O)c1cccc(SC(F)(F)F)c1. The molecule has 1 unspecified atom stereocenters. The van der Waals surface area contributed by atoms with Crippen molar-refractivity contribution in [3.05, 3.63) is 29.8 Å². The van der Waals surface area contributed by atoms with Crippen molar-refractivity contribution in [2.45, 2.75) is 30.2 Å². The van der Waals surface area contributed by atoms with E-state index in [1.807, 2.05) is 0 Å². The quantitative estimate of drug-likeness (QED) is 0.842. The molecule has 0 bridgehead atoms. The molecule has 0 amide bonds. The second kappa shape index (κ2) is 5.65. The summed E-state index contributed by atoms with van der Waals surface area (Å²) in [6, 6.07) is 5.60. The number of carbonyl (C=O) groups is 1. The molecule has 0 fully saturated rings. The summed E-state index contributed by atoms with van der Waals surface area (Å²) in [6.07, 6.45) is 0. The van der Waals surface area contributed by atoms with Crippen LogP contribution in [0.15, 0.2) is 29.2 Å². The molecule has 0 aliphatic heterocycles. The molecule has 0 radical (unpaired) electrons. The van der Waals surface area contributed by atoms with Crippen LogP contribution in [0.25, 0.3) is 0 Å². The highest BCUT2D eigenvalue weighted by Gasteiger charge is 2.30. The van der Waals surface area contributed by atoms with E-state index in [1.165, 1.54) is 18.2 Å². The zero-order chi connectivity index (χ0) is 13.9. The van der Waals surface area contributed by atoms with Gasteiger partial charge in [0.15, 0.2) is 0 Å². The Kier molecular flexibility index (Phi) is 4.67. The summed E-state index contributed by atoms with van der Waals surface area (Å²) in [5.41, 5.74) is -3.97. The highest BCUT2D eigenvalue weighted by Crippen LogP contribution is 2.38. The lowest BCUT2D eigenvalue weighted by Crippen LogP contribution is -2.17. The number of thioether (sulfide) groups is 1. The van der Waals surface area contributed by atoms with Crippen LogP contribution in [-0.4, -0.2) is 16.6 Å². The van der Waals surface area contributed by atoms with E-state index in [9.17, 15) is 18.0 Å². The highest BCUT2D eigenvalue weighted by molar-refractivity contribution is 8.00. The van der Waals surface area contributed by atoms with Crippen molar-refractivity contribution in [3.63, 3.8) is 0 Å². The fourth-order valence-corrected chi connectivity index (χ4v) is 2.33. The first-order valence-electron chi connectivity index (χ1n) is 5.29. The number of hydrogen-bond donors (Lipinski definition) is 1. The molecular weight excluding hydrogens is 265 g/mol. The van der Waals surface area contributed by atoms with Crippen molar-refractivity contribution < 1.29 is 23.1 Å². The molecule has 1 aromatic carbocycles. The second-order valence-corrected chi connectivity index (χ2v) is 5.32. The van der Waals surface area contributed by atoms with Crippen LogP contribution in [0.5, 0.6) is 0 Å². The Balaban J connectivity index is 3.03. The number of rotatable bonds is 4. The smallest absolute Gasteiger partial charge is 0.446 e. The Morgan fingerprint density at radius 3 is 2.39 bits per heavy atom. The molecular formula is C12H13F3O2S. The summed E-state index contributed by atoms with van der Waals surface area (Å²) in [6.45, 7) is 3.45. The lowest BCUT2D eigenvalue weighted by molar-refractivity contribution is -0.139. The van der Waals surface area contributed by atoms with Gasteiger partial charge < -0.3 is 5.11 Å². The fraction of sp³-hybridized carbons (Fsp3) is 0.417. The molecule has 100 valence electrons. The largest absolute Gasteiger partial charge is 0.481 e. The Hall–Kier alpha value is -1.17. The molecule has 1 aromatic rings. The number of hydrogen-bond acceptors (Lipinski definition) is 2. The van der Waals surface area contributed by atoms with Crippen molar-refractivity contribution in [1.82, 2.24) is 0 Å².